The molecule has 0 aromatic heterocycles. The minimum atomic E-state index is 0.438. The first kappa shape index (κ1) is 23.5. The topological polar surface area (TPSA) is 55.4 Å². The Labute approximate surface area is 194 Å². The van der Waals surface area contributed by atoms with Crippen LogP contribution in [0, 0.1) is 0 Å². The van der Waals surface area contributed by atoms with E-state index in [1.807, 2.05) is 36.4 Å². The Hall–Kier alpha value is -1.16. The number of fused-ring (bicyclic) bond motifs is 3. The summed E-state index contributed by atoms with van der Waals surface area (Å²) in [6, 6.07) is 11.9. The Morgan fingerprint density at radius 1 is 0.467 bits per heavy atom. The van der Waals surface area contributed by atoms with Crippen LogP contribution in [0.15, 0.2) is 45.3 Å². The fourth-order valence-electron chi connectivity index (χ4n) is 2.86. The van der Waals surface area contributed by atoms with Gasteiger partial charge in [-0.15, -0.1) is 0 Å². The van der Waals surface area contributed by atoms with E-state index in [0.717, 1.165) is 31.6 Å². The summed E-state index contributed by atoms with van der Waals surface area (Å²) in [5.74, 6) is 1.53. The van der Waals surface area contributed by atoms with E-state index in [1.165, 1.54) is 0 Å². The lowest BCUT2D eigenvalue weighted by atomic mass is 10.0. The largest absolute Gasteiger partial charge is 0.490 e. The maximum absolute atomic E-state index is 6.03. The first-order valence-electron chi connectivity index (χ1n) is 9.90. The lowest BCUT2D eigenvalue weighted by Gasteiger charge is -2.17. The highest BCUT2D eigenvalue weighted by Crippen LogP contribution is 2.39. The SMILES string of the molecule is Brc1ccc2c(c1)OCCOCCOCCOCCOCCOc1cc(Br)ccc1-2. The van der Waals surface area contributed by atoms with Crippen molar-refractivity contribution in [1.29, 1.82) is 0 Å². The number of rotatable bonds is 0. The molecule has 0 fully saturated rings. The zero-order valence-corrected chi connectivity index (χ0v) is 19.9. The van der Waals surface area contributed by atoms with Gasteiger partial charge < -0.3 is 28.4 Å². The van der Waals surface area contributed by atoms with E-state index in [1.54, 1.807) is 0 Å². The standard InChI is InChI=1S/C22H26Br2O6/c23-17-1-3-19-20-4-2-18(24)16-22(20)30-14-12-28-10-8-26-6-5-25-7-9-27-11-13-29-21(19)15-17/h1-4,15-16H,5-14H2. The molecule has 1 aliphatic rings. The van der Waals surface area contributed by atoms with E-state index in [0.29, 0.717) is 66.1 Å². The van der Waals surface area contributed by atoms with Crippen molar-refractivity contribution in [2.24, 2.45) is 0 Å². The van der Waals surface area contributed by atoms with Crippen molar-refractivity contribution in [3.8, 4) is 22.6 Å². The summed E-state index contributed by atoms with van der Waals surface area (Å²) in [4.78, 5) is 0. The van der Waals surface area contributed by atoms with E-state index in [2.05, 4.69) is 31.9 Å². The van der Waals surface area contributed by atoms with Crippen LogP contribution in [-0.2, 0) is 18.9 Å². The molecule has 0 N–H and O–H groups in total. The van der Waals surface area contributed by atoms with E-state index in [9.17, 15) is 0 Å². The van der Waals surface area contributed by atoms with Gasteiger partial charge in [0, 0.05) is 20.1 Å². The predicted octanol–water partition coefficient (Wildman–Crippen LogP) is 4.72. The van der Waals surface area contributed by atoms with E-state index >= 15 is 0 Å². The van der Waals surface area contributed by atoms with Crippen molar-refractivity contribution in [3.63, 3.8) is 0 Å². The van der Waals surface area contributed by atoms with Gasteiger partial charge in [-0.05, 0) is 36.4 Å². The molecule has 0 atom stereocenters. The van der Waals surface area contributed by atoms with E-state index in [4.69, 9.17) is 28.4 Å². The van der Waals surface area contributed by atoms with Gasteiger partial charge in [-0.3, -0.25) is 0 Å². The molecule has 0 bridgehead atoms. The fraction of sp³-hybridized carbons (Fsp3) is 0.455. The highest BCUT2D eigenvalue weighted by molar-refractivity contribution is 9.10. The van der Waals surface area contributed by atoms with Crippen molar-refractivity contribution in [2.75, 3.05) is 66.1 Å². The molecule has 30 heavy (non-hydrogen) atoms. The van der Waals surface area contributed by atoms with Gasteiger partial charge in [-0.2, -0.15) is 0 Å². The van der Waals surface area contributed by atoms with Crippen LogP contribution >= 0.6 is 31.9 Å². The number of hydrogen-bond acceptors (Lipinski definition) is 6. The molecule has 0 unspecified atom stereocenters. The first-order chi connectivity index (χ1) is 14.7. The Morgan fingerprint density at radius 2 is 0.800 bits per heavy atom. The van der Waals surface area contributed by atoms with Crippen molar-refractivity contribution in [2.45, 2.75) is 0 Å². The zero-order valence-electron chi connectivity index (χ0n) is 16.7. The molecule has 0 amide bonds. The maximum Gasteiger partial charge on any atom is 0.128 e. The molecule has 6 nitrogen and oxygen atoms in total. The Balaban J connectivity index is 1.76. The number of halogens is 2. The number of ether oxygens (including phenoxy) is 6. The minimum Gasteiger partial charge on any atom is -0.490 e. The summed E-state index contributed by atoms with van der Waals surface area (Å²) in [6.07, 6.45) is 0. The first-order valence-corrected chi connectivity index (χ1v) is 11.5. The second kappa shape index (κ2) is 13.3. The van der Waals surface area contributed by atoms with Gasteiger partial charge >= 0.3 is 0 Å². The molecule has 0 spiro atoms. The molecule has 1 heterocycles. The number of hydrogen-bond donors (Lipinski definition) is 0. The molecule has 0 saturated heterocycles. The molecule has 0 radical (unpaired) electrons. The molecule has 0 saturated carbocycles. The summed E-state index contributed by atoms with van der Waals surface area (Å²) in [5.41, 5.74) is 1.90. The van der Waals surface area contributed by atoms with Gasteiger partial charge in [-0.1, -0.05) is 31.9 Å². The van der Waals surface area contributed by atoms with Gasteiger partial charge in [0.2, 0.25) is 0 Å². The Morgan fingerprint density at radius 3 is 1.17 bits per heavy atom. The van der Waals surface area contributed by atoms with Gasteiger partial charge in [-0.25, -0.2) is 0 Å². The minimum absolute atomic E-state index is 0.438. The van der Waals surface area contributed by atoms with Crippen LogP contribution in [0.25, 0.3) is 11.1 Å². The Kier molecular flexibility index (Phi) is 10.4. The molecule has 3 rings (SSSR count). The van der Waals surface area contributed by atoms with Gasteiger partial charge in [0.1, 0.15) is 24.7 Å². The van der Waals surface area contributed by atoms with Gasteiger partial charge in [0.15, 0.2) is 0 Å². The van der Waals surface area contributed by atoms with Crippen molar-refractivity contribution >= 4 is 31.9 Å². The van der Waals surface area contributed by atoms with Gasteiger partial charge in [0.05, 0.1) is 52.9 Å². The number of benzene rings is 2. The molecule has 1 aliphatic heterocycles. The average Bonchev–Trinajstić information content (AvgIpc) is 2.73. The summed E-state index contributed by atoms with van der Waals surface area (Å²) in [7, 11) is 0. The van der Waals surface area contributed by atoms with Gasteiger partial charge in [0.25, 0.3) is 0 Å². The van der Waals surface area contributed by atoms with Crippen molar-refractivity contribution in [3.05, 3.63) is 45.3 Å². The molecule has 164 valence electrons. The molecule has 2 aromatic rings. The highest BCUT2D eigenvalue weighted by atomic mass is 79.9. The smallest absolute Gasteiger partial charge is 0.128 e. The second-order valence-electron chi connectivity index (χ2n) is 6.43. The lowest BCUT2D eigenvalue weighted by molar-refractivity contribution is -0.00705. The van der Waals surface area contributed by atoms with Crippen LogP contribution in [-0.4, -0.2) is 66.1 Å². The van der Waals surface area contributed by atoms with Crippen LogP contribution < -0.4 is 9.47 Å². The molecule has 0 aliphatic carbocycles. The summed E-state index contributed by atoms with van der Waals surface area (Å²) < 4.78 is 36.1. The van der Waals surface area contributed by atoms with Crippen LogP contribution in [0.4, 0.5) is 0 Å². The van der Waals surface area contributed by atoms with Crippen LogP contribution in [0.3, 0.4) is 0 Å². The van der Waals surface area contributed by atoms with E-state index in [-0.39, 0.29) is 0 Å². The molecule has 2 aromatic carbocycles. The van der Waals surface area contributed by atoms with E-state index < -0.39 is 0 Å². The monoisotopic (exact) mass is 544 g/mol. The predicted molar refractivity (Wildman–Crippen MR) is 122 cm³/mol. The third-order valence-corrected chi connectivity index (χ3v) is 5.25. The third kappa shape index (κ3) is 7.83. The van der Waals surface area contributed by atoms with Crippen LogP contribution in [0.1, 0.15) is 0 Å². The molecular formula is C22H26Br2O6. The van der Waals surface area contributed by atoms with Crippen molar-refractivity contribution < 1.29 is 28.4 Å². The highest BCUT2D eigenvalue weighted by Gasteiger charge is 2.13. The summed E-state index contributed by atoms with van der Waals surface area (Å²) in [6.45, 7) is 5.00. The zero-order chi connectivity index (χ0) is 21.0. The van der Waals surface area contributed by atoms with Crippen LogP contribution in [0.5, 0.6) is 11.5 Å². The summed E-state index contributed by atoms with van der Waals surface area (Å²) in [5, 5.41) is 0. The molecule has 8 heteroatoms. The third-order valence-electron chi connectivity index (χ3n) is 4.26. The lowest BCUT2D eigenvalue weighted by Crippen LogP contribution is -2.15. The normalized spacial score (nSPS) is 17.7. The quantitative estimate of drug-likeness (QED) is 0.477. The second-order valence-corrected chi connectivity index (χ2v) is 8.26. The van der Waals surface area contributed by atoms with Crippen LogP contribution in [0.2, 0.25) is 0 Å². The Bertz CT molecular complexity index is 721. The maximum atomic E-state index is 6.03. The summed E-state index contributed by atoms with van der Waals surface area (Å²) >= 11 is 7.06. The van der Waals surface area contributed by atoms with Crippen molar-refractivity contribution in [1.82, 2.24) is 0 Å². The molecular weight excluding hydrogens is 520 g/mol. The average molecular weight is 546 g/mol. The fourth-order valence-corrected chi connectivity index (χ4v) is 3.54.